The zero-order valence-electron chi connectivity index (χ0n) is 17.8. The number of hydrogen-bond acceptors (Lipinski definition) is 8. The lowest BCUT2D eigenvalue weighted by atomic mass is 10.1. The van der Waals surface area contributed by atoms with Gasteiger partial charge >= 0.3 is 5.97 Å². The Hall–Kier alpha value is -4.45. The molecule has 12 heteroatoms. The van der Waals surface area contributed by atoms with Crippen molar-refractivity contribution in [3.8, 4) is 11.4 Å². The lowest BCUT2D eigenvalue weighted by molar-refractivity contribution is -0.119. The minimum Gasteiger partial charge on any atom is -0.452 e. The van der Waals surface area contributed by atoms with Crippen LogP contribution in [0.25, 0.3) is 11.4 Å². The number of carbonyl (C=O) groups excluding carboxylic acids is 2. The van der Waals surface area contributed by atoms with Gasteiger partial charge in [-0.3, -0.25) is 9.52 Å². The smallest absolute Gasteiger partial charge is 0.338 e. The Morgan fingerprint density at radius 2 is 1.82 bits per heavy atom. The van der Waals surface area contributed by atoms with E-state index in [2.05, 4.69) is 25.2 Å². The van der Waals surface area contributed by atoms with E-state index >= 15 is 0 Å². The second-order valence-electron chi connectivity index (χ2n) is 7.09. The van der Waals surface area contributed by atoms with E-state index in [4.69, 9.17) is 9.26 Å². The highest BCUT2D eigenvalue weighted by atomic mass is 32.2. The number of aromatic nitrogens is 3. The molecule has 0 unspecified atom stereocenters. The van der Waals surface area contributed by atoms with Crippen molar-refractivity contribution in [1.29, 1.82) is 0 Å². The third kappa shape index (κ3) is 5.48. The maximum atomic E-state index is 12.4. The third-order valence-electron chi connectivity index (χ3n) is 4.54. The molecule has 0 fully saturated rings. The number of nitrogens with zero attached hydrogens (tertiary/aromatic N) is 2. The molecule has 0 saturated heterocycles. The van der Waals surface area contributed by atoms with Crippen LogP contribution in [0.5, 0.6) is 0 Å². The number of esters is 1. The van der Waals surface area contributed by atoms with Gasteiger partial charge in [0, 0.05) is 29.7 Å². The Kier molecular flexibility index (Phi) is 6.41. The highest BCUT2D eigenvalue weighted by Crippen LogP contribution is 2.19. The molecule has 11 nitrogen and oxygen atoms in total. The van der Waals surface area contributed by atoms with E-state index in [1.54, 1.807) is 43.6 Å². The summed E-state index contributed by atoms with van der Waals surface area (Å²) in [5.74, 6) is -0.0408. The standard InChI is InChI=1S/C22H19N5O6S/c1-14-12-19(26-33-14)27-34(30,31)18-8-6-17(7-9-18)25-20(28)13-32-22(29)16-4-2-15(3-5-16)21-23-10-11-24-21/h2-12H,13H2,1H3,(H,23,24)(H,25,28)(H,26,27). The van der Waals surface area contributed by atoms with Crippen LogP contribution in [0.3, 0.4) is 0 Å². The van der Waals surface area contributed by atoms with Crippen LogP contribution in [0.1, 0.15) is 16.1 Å². The van der Waals surface area contributed by atoms with Crippen molar-refractivity contribution in [2.45, 2.75) is 11.8 Å². The van der Waals surface area contributed by atoms with Gasteiger partial charge in [0.1, 0.15) is 11.6 Å². The summed E-state index contributed by atoms with van der Waals surface area (Å²) in [6, 6.07) is 13.5. The number of amides is 1. The number of hydrogen-bond donors (Lipinski definition) is 3. The second-order valence-corrected chi connectivity index (χ2v) is 8.77. The van der Waals surface area contributed by atoms with Crippen LogP contribution in [0.4, 0.5) is 11.5 Å². The van der Waals surface area contributed by atoms with E-state index in [1.807, 2.05) is 0 Å². The number of benzene rings is 2. The molecule has 0 aliphatic carbocycles. The number of carbonyl (C=O) groups is 2. The summed E-state index contributed by atoms with van der Waals surface area (Å²) in [4.78, 5) is 31.4. The molecule has 0 aliphatic rings. The third-order valence-corrected chi connectivity index (χ3v) is 5.91. The fraction of sp³-hybridized carbons (Fsp3) is 0.0909. The highest BCUT2D eigenvalue weighted by molar-refractivity contribution is 7.92. The Labute approximate surface area is 194 Å². The molecule has 174 valence electrons. The average Bonchev–Trinajstić information content (AvgIpc) is 3.50. The van der Waals surface area contributed by atoms with E-state index in [0.29, 0.717) is 17.3 Å². The number of imidazole rings is 1. The summed E-state index contributed by atoms with van der Waals surface area (Å²) in [5.41, 5.74) is 1.42. The van der Waals surface area contributed by atoms with Crippen LogP contribution in [0, 0.1) is 6.92 Å². The first-order valence-electron chi connectivity index (χ1n) is 9.93. The fourth-order valence-corrected chi connectivity index (χ4v) is 3.91. The van der Waals surface area contributed by atoms with Gasteiger partial charge in [0.05, 0.1) is 10.5 Å². The first-order valence-corrected chi connectivity index (χ1v) is 11.4. The van der Waals surface area contributed by atoms with Crippen molar-refractivity contribution in [3.05, 3.63) is 78.3 Å². The monoisotopic (exact) mass is 481 g/mol. The van der Waals surface area contributed by atoms with E-state index in [9.17, 15) is 18.0 Å². The van der Waals surface area contributed by atoms with Crippen LogP contribution in [-0.4, -0.2) is 42.0 Å². The largest absolute Gasteiger partial charge is 0.452 e. The lowest BCUT2D eigenvalue weighted by Gasteiger charge is -2.09. The number of sulfonamides is 1. The van der Waals surface area contributed by atoms with Gasteiger partial charge in [0.15, 0.2) is 12.4 Å². The van der Waals surface area contributed by atoms with Gasteiger partial charge < -0.3 is 19.6 Å². The number of aryl methyl sites for hydroxylation is 1. The highest BCUT2D eigenvalue weighted by Gasteiger charge is 2.17. The SMILES string of the molecule is Cc1cc(NS(=O)(=O)c2ccc(NC(=O)COC(=O)c3ccc(-c4ncc[nH]4)cc3)cc2)no1. The first-order chi connectivity index (χ1) is 16.3. The molecule has 2 aromatic carbocycles. The van der Waals surface area contributed by atoms with E-state index in [-0.39, 0.29) is 16.3 Å². The van der Waals surface area contributed by atoms with Gasteiger partial charge in [-0.1, -0.05) is 17.3 Å². The Morgan fingerprint density at radius 1 is 1.09 bits per heavy atom. The summed E-state index contributed by atoms with van der Waals surface area (Å²) in [5, 5.41) is 6.12. The molecule has 0 bridgehead atoms. The molecule has 3 N–H and O–H groups in total. The number of ether oxygens (including phenoxy) is 1. The minimum absolute atomic E-state index is 0.0319. The quantitative estimate of drug-likeness (QED) is 0.324. The normalized spacial score (nSPS) is 11.1. The van der Waals surface area contributed by atoms with Gasteiger partial charge in [-0.05, 0) is 43.3 Å². The predicted molar refractivity (Wildman–Crippen MR) is 121 cm³/mol. The van der Waals surface area contributed by atoms with Crippen LogP contribution >= 0.6 is 0 Å². The summed E-state index contributed by atoms with van der Waals surface area (Å²) >= 11 is 0. The van der Waals surface area contributed by atoms with Gasteiger partial charge in [0.25, 0.3) is 15.9 Å². The summed E-state index contributed by atoms with van der Waals surface area (Å²) in [7, 11) is -3.88. The molecule has 0 radical (unpaired) electrons. The van der Waals surface area contributed by atoms with Gasteiger partial charge in [-0.2, -0.15) is 0 Å². The summed E-state index contributed by atoms with van der Waals surface area (Å²) < 4.78 is 37.0. The zero-order chi connectivity index (χ0) is 24.1. The van der Waals surface area contributed by atoms with Gasteiger partial charge in [-0.15, -0.1) is 0 Å². The summed E-state index contributed by atoms with van der Waals surface area (Å²) in [6.07, 6.45) is 3.32. The molecule has 0 atom stereocenters. The predicted octanol–water partition coefficient (Wildman–Crippen LogP) is 2.97. The lowest BCUT2D eigenvalue weighted by Crippen LogP contribution is -2.21. The molecular weight excluding hydrogens is 462 g/mol. The number of anilines is 2. The van der Waals surface area contributed by atoms with Crippen LogP contribution < -0.4 is 10.0 Å². The van der Waals surface area contributed by atoms with E-state index < -0.39 is 28.5 Å². The molecule has 1 amide bonds. The van der Waals surface area contributed by atoms with Crippen LogP contribution in [0.15, 0.2) is 76.4 Å². The average molecular weight is 481 g/mol. The van der Waals surface area contributed by atoms with Gasteiger partial charge in [0.2, 0.25) is 0 Å². The van der Waals surface area contributed by atoms with Gasteiger partial charge in [-0.25, -0.2) is 18.2 Å². The van der Waals surface area contributed by atoms with Crippen LogP contribution in [-0.2, 0) is 19.6 Å². The maximum Gasteiger partial charge on any atom is 0.338 e. The fourth-order valence-electron chi connectivity index (χ4n) is 2.93. The Balaban J connectivity index is 1.29. The molecule has 4 rings (SSSR count). The van der Waals surface area contributed by atoms with E-state index in [1.165, 1.54) is 30.3 Å². The van der Waals surface area contributed by atoms with E-state index in [0.717, 1.165) is 5.56 Å². The van der Waals surface area contributed by atoms with Crippen molar-refractivity contribution in [2.75, 3.05) is 16.6 Å². The van der Waals surface area contributed by atoms with Crippen molar-refractivity contribution in [3.63, 3.8) is 0 Å². The number of rotatable bonds is 8. The molecule has 0 spiro atoms. The van der Waals surface area contributed by atoms with Crippen molar-refractivity contribution < 1.29 is 27.3 Å². The zero-order valence-corrected chi connectivity index (χ0v) is 18.6. The molecule has 4 aromatic rings. The number of H-pyrrole nitrogens is 1. The summed E-state index contributed by atoms with van der Waals surface area (Å²) in [6.45, 7) is 1.13. The van der Waals surface area contributed by atoms with Crippen molar-refractivity contribution >= 4 is 33.4 Å². The minimum atomic E-state index is -3.88. The Morgan fingerprint density at radius 3 is 2.44 bits per heavy atom. The Bertz CT molecular complexity index is 1400. The maximum absolute atomic E-state index is 12.4. The molecule has 2 heterocycles. The molecular formula is C22H19N5O6S. The first kappa shape index (κ1) is 22.7. The van der Waals surface area contributed by atoms with Crippen molar-refractivity contribution in [1.82, 2.24) is 15.1 Å². The molecule has 2 aromatic heterocycles. The molecule has 0 saturated carbocycles. The van der Waals surface area contributed by atoms with Crippen LogP contribution in [0.2, 0.25) is 0 Å². The number of nitrogens with one attached hydrogen (secondary N) is 3. The topological polar surface area (TPSA) is 156 Å². The molecule has 0 aliphatic heterocycles. The van der Waals surface area contributed by atoms with Crippen molar-refractivity contribution in [2.24, 2.45) is 0 Å². The second kappa shape index (κ2) is 9.58. The number of aromatic amines is 1. The molecule has 34 heavy (non-hydrogen) atoms.